The second-order valence-electron chi connectivity index (χ2n) is 23.1. The molecule has 0 fully saturated rings. The lowest BCUT2D eigenvalue weighted by Gasteiger charge is -2.18. The van der Waals surface area contributed by atoms with Crippen molar-refractivity contribution in [3.8, 4) is 0 Å². The average molecular weight is 1130 g/mol. The summed E-state index contributed by atoms with van der Waals surface area (Å²) < 4.78 is 16.9. The van der Waals surface area contributed by atoms with E-state index in [1.54, 1.807) is 0 Å². The smallest absolute Gasteiger partial charge is 0.306 e. The van der Waals surface area contributed by atoms with Crippen molar-refractivity contribution >= 4 is 17.9 Å². The standard InChI is InChI=1S/C75H130O6/c1-4-7-10-13-16-19-22-24-26-28-30-32-34-35-36-37-38-39-41-42-44-46-48-50-53-56-59-62-65-68-74(77)80-71-72(70-79-73(76)67-64-61-58-55-52-21-18-15-12-9-6-3)81-75(78)69-66-63-60-57-54-51-49-47-45-43-40-33-31-29-27-25-23-20-17-14-11-8-5-2/h7,10,15-16,18-19,24,26,29-32,35-36,38-39,72H,4-6,8-9,11-14,17,20-23,25,27-28,33-34,37,40-71H2,1-3H3/b10-7-,18-15-,19-16-,26-24-,31-29-,32-30-,36-35-,39-38-. The molecule has 466 valence electrons. The molecule has 0 aromatic carbocycles. The summed E-state index contributed by atoms with van der Waals surface area (Å²) in [6.45, 7) is 6.51. The molecule has 0 amide bonds. The van der Waals surface area contributed by atoms with Gasteiger partial charge in [0.15, 0.2) is 6.10 Å². The summed E-state index contributed by atoms with van der Waals surface area (Å²) in [5.74, 6) is -0.882. The Morgan fingerprint density at radius 2 is 0.494 bits per heavy atom. The zero-order chi connectivity index (χ0) is 58.5. The molecule has 0 aromatic rings. The van der Waals surface area contributed by atoms with Crippen LogP contribution in [0.15, 0.2) is 97.2 Å². The SMILES string of the molecule is CC/C=C\C/C=C\C/C=C\C/C=C\C/C=C\C/C=C\CCCCCCCCCCCCC(=O)OCC(COC(=O)CCCCCCC/C=C\CCCC)OC(=O)CCCCCCCCCCCCC/C=C\CCCCCCCCCC. The van der Waals surface area contributed by atoms with Gasteiger partial charge in [-0.25, -0.2) is 0 Å². The van der Waals surface area contributed by atoms with Crippen molar-refractivity contribution in [2.75, 3.05) is 13.2 Å². The molecule has 0 saturated carbocycles. The number of hydrogen-bond acceptors (Lipinski definition) is 6. The van der Waals surface area contributed by atoms with Crippen molar-refractivity contribution in [2.24, 2.45) is 0 Å². The Bertz CT molecular complexity index is 1580. The molecule has 1 unspecified atom stereocenters. The van der Waals surface area contributed by atoms with E-state index in [-0.39, 0.29) is 31.1 Å². The Hall–Kier alpha value is -3.67. The maximum Gasteiger partial charge on any atom is 0.306 e. The second kappa shape index (κ2) is 68.8. The summed E-state index contributed by atoms with van der Waals surface area (Å²) >= 11 is 0. The highest BCUT2D eigenvalue weighted by Crippen LogP contribution is 2.17. The predicted molar refractivity (Wildman–Crippen MR) is 353 cm³/mol. The molecule has 0 spiro atoms. The van der Waals surface area contributed by atoms with Crippen molar-refractivity contribution < 1.29 is 28.6 Å². The lowest BCUT2D eigenvalue weighted by molar-refractivity contribution is -0.167. The summed E-state index contributed by atoms with van der Waals surface area (Å²) in [6, 6.07) is 0. The quantitative estimate of drug-likeness (QED) is 0.0261. The first kappa shape index (κ1) is 77.3. The van der Waals surface area contributed by atoms with E-state index in [1.165, 1.54) is 199 Å². The largest absolute Gasteiger partial charge is 0.462 e. The lowest BCUT2D eigenvalue weighted by atomic mass is 10.0. The van der Waals surface area contributed by atoms with Gasteiger partial charge in [0.2, 0.25) is 0 Å². The molecule has 0 radical (unpaired) electrons. The van der Waals surface area contributed by atoms with Gasteiger partial charge >= 0.3 is 17.9 Å². The first-order valence-electron chi connectivity index (χ1n) is 34.7. The maximum atomic E-state index is 12.9. The van der Waals surface area contributed by atoms with Gasteiger partial charge in [-0.1, -0.05) is 304 Å². The van der Waals surface area contributed by atoms with E-state index in [2.05, 4.69) is 118 Å². The van der Waals surface area contributed by atoms with E-state index in [0.717, 1.165) is 103 Å². The van der Waals surface area contributed by atoms with Crippen LogP contribution in [-0.2, 0) is 28.6 Å². The lowest BCUT2D eigenvalue weighted by Crippen LogP contribution is -2.30. The van der Waals surface area contributed by atoms with Crippen LogP contribution in [0.4, 0.5) is 0 Å². The molecule has 0 N–H and O–H groups in total. The van der Waals surface area contributed by atoms with Gasteiger partial charge in [-0.3, -0.25) is 14.4 Å². The van der Waals surface area contributed by atoms with Crippen molar-refractivity contribution in [3.63, 3.8) is 0 Å². The van der Waals surface area contributed by atoms with Gasteiger partial charge in [-0.2, -0.15) is 0 Å². The van der Waals surface area contributed by atoms with Crippen LogP contribution in [0.3, 0.4) is 0 Å². The summed E-state index contributed by atoms with van der Waals surface area (Å²) in [5, 5.41) is 0. The molecule has 0 saturated heterocycles. The third kappa shape index (κ3) is 67.0. The van der Waals surface area contributed by atoms with Gasteiger partial charge in [0.05, 0.1) is 0 Å². The van der Waals surface area contributed by atoms with Gasteiger partial charge in [-0.05, 0) is 116 Å². The second-order valence-corrected chi connectivity index (χ2v) is 23.1. The van der Waals surface area contributed by atoms with Gasteiger partial charge in [0, 0.05) is 19.3 Å². The van der Waals surface area contributed by atoms with Crippen LogP contribution in [0.5, 0.6) is 0 Å². The summed E-state index contributed by atoms with van der Waals surface area (Å²) in [4.78, 5) is 38.4. The fraction of sp³-hybridized carbons (Fsp3) is 0.747. The Labute approximate surface area is 502 Å². The third-order valence-electron chi connectivity index (χ3n) is 15.0. The van der Waals surface area contributed by atoms with Crippen LogP contribution in [0.2, 0.25) is 0 Å². The van der Waals surface area contributed by atoms with E-state index in [0.29, 0.717) is 19.3 Å². The number of unbranched alkanes of at least 4 members (excludes halogenated alkanes) is 36. The Kier molecular flexibility index (Phi) is 65.7. The number of rotatable bonds is 63. The molecule has 0 rings (SSSR count). The summed E-state index contributed by atoms with van der Waals surface area (Å²) in [7, 11) is 0. The van der Waals surface area contributed by atoms with Crippen LogP contribution >= 0.6 is 0 Å². The normalized spacial score (nSPS) is 12.7. The van der Waals surface area contributed by atoms with Crippen molar-refractivity contribution in [1.82, 2.24) is 0 Å². The number of esters is 3. The van der Waals surface area contributed by atoms with Gasteiger partial charge < -0.3 is 14.2 Å². The van der Waals surface area contributed by atoms with E-state index >= 15 is 0 Å². The molecule has 1 atom stereocenters. The Morgan fingerprint density at radius 1 is 0.259 bits per heavy atom. The van der Waals surface area contributed by atoms with Crippen LogP contribution in [0.1, 0.15) is 342 Å². The molecule has 0 bridgehead atoms. The molecule has 0 aromatic heterocycles. The summed E-state index contributed by atoms with van der Waals surface area (Å²) in [5.41, 5.74) is 0. The molecule has 6 nitrogen and oxygen atoms in total. The topological polar surface area (TPSA) is 78.9 Å². The maximum absolute atomic E-state index is 12.9. The highest BCUT2D eigenvalue weighted by molar-refractivity contribution is 5.71. The molecule has 81 heavy (non-hydrogen) atoms. The van der Waals surface area contributed by atoms with Crippen molar-refractivity contribution in [2.45, 2.75) is 348 Å². The fourth-order valence-electron chi connectivity index (χ4n) is 9.84. The highest BCUT2D eigenvalue weighted by atomic mass is 16.6. The molecule has 0 aliphatic carbocycles. The van der Waals surface area contributed by atoms with E-state index < -0.39 is 6.10 Å². The number of carbonyl (C=O) groups excluding carboxylic acids is 3. The van der Waals surface area contributed by atoms with Gasteiger partial charge in [0.1, 0.15) is 13.2 Å². The highest BCUT2D eigenvalue weighted by Gasteiger charge is 2.19. The minimum Gasteiger partial charge on any atom is -0.462 e. The minimum absolute atomic E-state index is 0.0808. The van der Waals surface area contributed by atoms with E-state index in [1.807, 2.05) is 0 Å². The van der Waals surface area contributed by atoms with Crippen LogP contribution in [-0.4, -0.2) is 37.2 Å². The third-order valence-corrected chi connectivity index (χ3v) is 15.0. The van der Waals surface area contributed by atoms with Crippen molar-refractivity contribution in [1.29, 1.82) is 0 Å². The van der Waals surface area contributed by atoms with Crippen LogP contribution < -0.4 is 0 Å². The molecule has 0 heterocycles. The minimum atomic E-state index is -0.784. The molecule has 0 aliphatic heterocycles. The first-order valence-corrected chi connectivity index (χ1v) is 34.7. The number of hydrogen-bond donors (Lipinski definition) is 0. The summed E-state index contributed by atoms with van der Waals surface area (Å²) in [6.07, 6.45) is 92.9. The van der Waals surface area contributed by atoms with Crippen LogP contribution in [0, 0.1) is 0 Å². The molecule has 0 aliphatic rings. The molecule has 6 heteroatoms. The fourth-order valence-corrected chi connectivity index (χ4v) is 9.84. The Morgan fingerprint density at radius 3 is 0.802 bits per heavy atom. The van der Waals surface area contributed by atoms with Gasteiger partial charge in [-0.15, -0.1) is 0 Å². The zero-order valence-electron chi connectivity index (χ0n) is 53.5. The Balaban J connectivity index is 4.24. The predicted octanol–water partition coefficient (Wildman–Crippen LogP) is 24.0. The van der Waals surface area contributed by atoms with Crippen molar-refractivity contribution in [3.05, 3.63) is 97.2 Å². The number of allylic oxidation sites excluding steroid dienone is 16. The zero-order valence-corrected chi connectivity index (χ0v) is 53.5. The first-order chi connectivity index (χ1) is 40.0. The molecular weight excluding hydrogens is 997 g/mol. The monoisotopic (exact) mass is 1130 g/mol. The number of carbonyl (C=O) groups is 3. The van der Waals surface area contributed by atoms with E-state index in [4.69, 9.17) is 14.2 Å². The molecular formula is C75H130O6. The van der Waals surface area contributed by atoms with Crippen LogP contribution in [0.25, 0.3) is 0 Å². The number of ether oxygens (including phenoxy) is 3. The van der Waals surface area contributed by atoms with E-state index in [9.17, 15) is 14.4 Å². The average Bonchev–Trinajstić information content (AvgIpc) is 3.47. The van der Waals surface area contributed by atoms with Gasteiger partial charge in [0.25, 0.3) is 0 Å².